The van der Waals surface area contributed by atoms with E-state index in [-0.39, 0.29) is 23.5 Å². The molecule has 98 valence electrons. The van der Waals surface area contributed by atoms with Crippen molar-refractivity contribution in [3.63, 3.8) is 0 Å². The summed E-state index contributed by atoms with van der Waals surface area (Å²) in [5.41, 5.74) is 0.316. The molecular weight excluding hydrogens is 320 g/mol. The minimum atomic E-state index is -2.99. The predicted molar refractivity (Wildman–Crippen MR) is 71.1 cm³/mol. The van der Waals surface area contributed by atoms with E-state index < -0.39 is 9.84 Å². The van der Waals surface area contributed by atoms with Gasteiger partial charge in [0.05, 0.1) is 11.5 Å². The Bertz CT molecular complexity index is 573. The van der Waals surface area contributed by atoms with E-state index in [1.54, 1.807) is 25.2 Å². The van der Waals surface area contributed by atoms with E-state index in [1.807, 2.05) is 0 Å². The van der Waals surface area contributed by atoms with Gasteiger partial charge in [-0.25, -0.2) is 13.4 Å². The Morgan fingerprint density at radius 1 is 1.50 bits per heavy atom. The zero-order chi connectivity index (χ0) is 13.3. The number of rotatable bonds is 2. The Morgan fingerprint density at radius 2 is 2.22 bits per heavy atom. The van der Waals surface area contributed by atoms with Crippen LogP contribution in [-0.2, 0) is 9.84 Å². The molecule has 2 rings (SSSR count). The normalized spacial score (nSPS) is 21.8. The average Bonchev–Trinajstić information content (AvgIpc) is 2.68. The number of carbonyl (C=O) groups is 1. The topological polar surface area (TPSA) is 67.3 Å². The first-order chi connectivity index (χ1) is 8.39. The maximum absolute atomic E-state index is 12.1. The van der Waals surface area contributed by atoms with Crippen LogP contribution in [0.1, 0.15) is 16.9 Å². The van der Waals surface area contributed by atoms with Crippen LogP contribution in [-0.4, -0.2) is 48.8 Å². The summed E-state index contributed by atoms with van der Waals surface area (Å²) in [7, 11) is -1.37. The van der Waals surface area contributed by atoms with Crippen LogP contribution in [0.4, 0.5) is 0 Å². The van der Waals surface area contributed by atoms with Crippen LogP contribution in [0.25, 0.3) is 0 Å². The number of amides is 1. The summed E-state index contributed by atoms with van der Waals surface area (Å²) >= 11 is 3.20. The lowest BCUT2D eigenvalue weighted by Crippen LogP contribution is -2.38. The molecule has 1 aliphatic heterocycles. The highest BCUT2D eigenvalue weighted by Gasteiger charge is 2.33. The van der Waals surface area contributed by atoms with Crippen molar-refractivity contribution < 1.29 is 13.2 Å². The van der Waals surface area contributed by atoms with E-state index in [0.717, 1.165) is 0 Å². The summed E-state index contributed by atoms with van der Waals surface area (Å²) in [6.45, 7) is 0. The molecule has 1 amide bonds. The van der Waals surface area contributed by atoms with Crippen LogP contribution in [0, 0.1) is 0 Å². The Kier molecular flexibility index (Phi) is 3.72. The predicted octanol–water partition coefficient (Wildman–Crippen LogP) is 1.10. The number of carbonyl (C=O) groups excluding carboxylic acids is 1. The van der Waals surface area contributed by atoms with Crippen molar-refractivity contribution in [3.05, 3.63) is 28.5 Å². The second-order valence-corrected chi connectivity index (χ2v) is 7.36. The fraction of sp³-hybridized carbons (Fsp3) is 0.455. The molecule has 0 spiro atoms. The first-order valence-electron chi connectivity index (χ1n) is 5.49. The lowest BCUT2D eigenvalue weighted by molar-refractivity contribution is 0.0741. The third-order valence-corrected chi connectivity index (χ3v) is 5.20. The lowest BCUT2D eigenvalue weighted by Gasteiger charge is -2.22. The summed E-state index contributed by atoms with van der Waals surface area (Å²) in [5, 5.41) is 0. The maximum atomic E-state index is 12.1. The van der Waals surface area contributed by atoms with Crippen LogP contribution >= 0.6 is 15.9 Å². The van der Waals surface area contributed by atoms with Crippen LogP contribution in [0.3, 0.4) is 0 Å². The molecule has 1 aliphatic rings. The van der Waals surface area contributed by atoms with Crippen molar-refractivity contribution in [1.82, 2.24) is 9.88 Å². The summed E-state index contributed by atoms with van der Waals surface area (Å²) < 4.78 is 23.4. The molecule has 0 aromatic carbocycles. The fourth-order valence-corrected chi connectivity index (χ4v) is 4.07. The molecule has 0 radical (unpaired) electrons. The Labute approximate surface area is 114 Å². The first-order valence-corrected chi connectivity index (χ1v) is 8.10. The monoisotopic (exact) mass is 332 g/mol. The molecule has 1 atom stereocenters. The highest BCUT2D eigenvalue weighted by molar-refractivity contribution is 9.10. The van der Waals surface area contributed by atoms with Crippen molar-refractivity contribution in [1.29, 1.82) is 0 Å². The third kappa shape index (κ3) is 2.89. The standard InChI is InChI=1S/C11H13BrN2O3S/c1-14(8-5-6-18(16,17)7-8)11(15)9-3-2-4-10(12)13-9/h2-4,8H,5-7H2,1H3. The number of aromatic nitrogens is 1. The van der Waals surface area contributed by atoms with Crippen LogP contribution in [0.15, 0.2) is 22.8 Å². The van der Waals surface area contributed by atoms with Crippen LogP contribution in [0.2, 0.25) is 0 Å². The molecule has 1 saturated heterocycles. The van der Waals surface area contributed by atoms with Crippen LogP contribution in [0.5, 0.6) is 0 Å². The number of pyridine rings is 1. The van der Waals surface area contributed by atoms with Gasteiger partial charge in [-0.05, 0) is 34.5 Å². The number of hydrogen-bond donors (Lipinski definition) is 0. The SMILES string of the molecule is CN(C(=O)c1cccc(Br)n1)C1CCS(=O)(=O)C1. The minimum Gasteiger partial charge on any atom is -0.336 e. The Hall–Kier alpha value is -0.950. The molecule has 0 bridgehead atoms. The first kappa shape index (κ1) is 13.5. The van der Waals surface area contributed by atoms with Gasteiger partial charge >= 0.3 is 0 Å². The molecule has 1 aromatic rings. The quantitative estimate of drug-likeness (QED) is 0.760. The number of halogens is 1. The molecule has 1 fully saturated rings. The van der Waals surface area contributed by atoms with Gasteiger partial charge in [0.2, 0.25) is 0 Å². The van der Waals surface area contributed by atoms with Gasteiger partial charge in [-0.2, -0.15) is 0 Å². The second-order valence-electron chi connectivity index (χ2n) is 4.32. The van der Waals surface area contributed by atoms with Gasteiger partial charge in [0.1, 0.15) is 10.3 Å². The Morgan fingerprint density at radius 3 is 2.78 bits per heavy atom. The van der Waals surface area contributed by atoms with Gasteiger partial charge in [-0.1, -0.05) is 6.07 Å². The third-order valence-electron chi connectivity index (χ3n) is 3.01. The number of sulfone groups is 1. The number of nitrogens with zero attached hydrogens (tertiary/aromatic N) is 2. The summed E-state index contributed by atoms with van der Waals surface area (Å²) in [6, 6.07) is 4.83. The van der Waals surface area contributed by atoms with E-state index >= 15 is 0 Å². The van der Waals surface area contributed by atoms with Gasteiger partial charge in [0.25, 0.3) is 5.91 Å². The van der Waals surface area contributed by atoms with Gasteiger partial charge in [0.15, 0.2) is 9.84 Å². The van der Waals surface area contributed by atoms with Crippen LogP contribution < -0.4 is 0 Å². The van der Waals surface area contributed by atoms with Crippen molar-refractivity contribution in [3.8, 4) is 0 Å². The van der Waals surface area contributed by atoms with E-state index in [1.165, 1.54) is 4.90 Å². The zero-order valence-corrected chi connectivity index (χ0v) is 12.2. The molecular formula is C11H13BrN2O3S. The molecule has 1 unspecified atom stereocenters. The second kappa shape index (κ2) is 4.97. The number of hydrogen-bond acceptors (Lipinski definition) is 4. The largest absolute Gasteiger partial charge is 0.336 e. The molecule has 2 heterocycles. The van der Waals surface area contributed by atoms with E-state index in [4.69, 9.17) is 0 Å². The molecule has 0 N–H and O–H groups in total. The maximum Gasteiger partial charge on any atom is 0.272 e. The summed E-state index contributed by atoms with van der Waals surface area (Å²) in [4.78, 5) is 17.7. The Balaban J connectivity index is 2.15. The van der Waals surface area contributed by atoms with Crippen molar-refractivity contribution in [2.75, 3.05) is 18.6 Å². The fourth-order valence-electron chi connectivity index (χ4n) is 1.95. The molecule has 7 heteroatoms. The molecule has 0 aliphatic carbocycles. The van der Waals surface area contributed by atoms with Crippen molar-refractivity contribution in [2.45, 2.75) is 12.5 Å². The molecule has 5 nitrogen and oxygen atoms in total. The van der Waals surface area contributed by atoms with Crippen molar-refractivity contribution in [2.24, 2.45) is 0 Å². The highest BCUT2D eigenvalue weighted by Crippen LogP contribution is 2.18. The van der Waals surface area contributed by atoms with Gasteiger partial charge in [-0.15, -0.1) is 0 Å². The van der Waals surface area contributed by atoms with E-state index in [2.05, 4.69) is 20.9 Å². The van der Waals surface area contributed by atoms with Gasteiger partial charge in [-0.3, -0.25) is 4.79 Å². The van der Waals surface area contributed by atoms with Gasteiger partial charge in [0, 0.05) is 13.1 Å². The molecule has 0 saturated carbocycles. The average molecular weight is 333 g/mol. The van der Waals surface area contributed by atoms with E-state index in [0.29, 0.717) is 16.7 Å². The van der Waals surface area contributed by atoms with Crippen molar-refractivity contribution >= 4 is 31.7 Å². The van der Waals surface area contributed by atoms with Gasteiger partial charge < -0.3 is 4.90 Å². The lowest BCUT2D eigenvalue weighted by atomic mass is 10.2. The zero-order valence-electron chi connectivity index (χ0n) is 9.84. The molecule has 1 aromatic heterocycles. The summed E-state index contributed by atoms with van der Waals surface area (Å²) in [5.74, 6) is -0.0526. The highest BCUT2D eigenvalue weighted by atomic mass is 79.9. The van der Waals surface area contributed by atoms with E-state index in [9.17, 15) is 13.2 Å². The minimum absolute atomic E-state index is 0.0449. The smallest absolute Gasteiger partial charge is 0.272 e. The molecule has 18 heavy (non-hydrogen) atoms. The summed E-state index contributed by atoms with van der Waals surface area (Å²) in [6.07, 6.45) is 0.499.